The number of pyridine rings is 1. The third-order valence-electron chi connectivity index (χ3n) is 6.86. The summed E-state index contributed by atoms with van der Waals surface area (Å²) in [6.45, 7) is 6.19. The van der Waals surface area contributed by atoms with Crippen molar-refractivity contribution in [3.8, 4) is 0 Å². The van der Waals surface area contributed by atoms with Crippen LogP contribution < -0.4 is 4.90 Å². The smallest absolute Gasteiger partial charge is 0.136 e. The van der Waals surface area contributed by atoms with Crippen molar-refractivity contribution in [3.05, 3.63) is 53.6 Å². The van der Waals surface area contributed by atoms with Crippen molar-refractivity contribution in [2.75, 3.05) is 45.2 Å². The van der Waals surface area contributed by atoms with Gasteiger partial charge in [0, 0.05) is 45.2 Å². The monoisotopic (exact) mass is 418 g/mol. The number of carbonyl (C=O) groups excluding carboxylic acids is 1. The molecular formula is C24H30N6O. The molecule has 1 N–H and O–H groups in total. The van der Waals surface area contributed by atoms with E-state index in [4.69, 9.17) is 4.98 Å². The molecule has 5 rings (SSSR count). The Balaban J connectivity index is 1.49. The molecule has 0 amide bonds. The van der Waals surface area contributed by atoms with E-state index in [0.717, 1.165) is 54.3 Å². The number of piperazine rings is 1. The molecule has 2 aromatic heterocycles. The number of aryl methyl sites for hydroxylation is 1. The van der Waals surface area contributed by atoms with E-state index in [9.17, 15) is 4.79 Å². The first-order valence-electron chi connectivity index (χ1n) is 11.1. The summed E-state index contributed by atoms with van der Waals surface area (Å²) < 4.78 is 0. The van der Waals surface area contributed by atoms with Crippen molar-refractivity contribution in [3.63, 3.8) is 0 Å². The molecule has 2 atom stereocenters. The zero-order chi connectivity index (χ0) is 21.5. The summed E-state index contributed by atoms with van der Waals surface area (Å²) in [6.07, 6.45) is 2.79. The second-order valence-corrected chi connectivity index (χ2v) is 8.93. The third kappa shape index (κ3) is 3.72. The third-order valence-corrected chi connectivity index (χ3v) is 6.86. The number of rotatable bonds is 3. The average molecular weight is 419 g/mol. The van der Waals surface area contributed by atoms with Crippen molar-refractivity contribution >= 4 is 22.5 Å². The van der Waals surface area contributed by atoms with Gasteiger partial charge in [0.15, 0.2) is 0 Å². The van der Waals surface area contributed by atoms with Crippen LogP contribution in [0.15, 0.2) is 36.5 Å². The normalized spacial score (nSPS) is 23.6. The molecule has 4 heterocycles. The van der Waals surface area contributed by atoms with Gasteiger partial charge in [0.1, 0.15) is 11.6 Å². The second kappa shape index (κ2) is 8.05. The van der Waals surface area contributed by atoms with Gasteiger partial charge >= 0.3 is 0 Å². The lowest BCUT2D eigenvalue weighted by atomic mass is 9.91. The van der Waals surface area contributed by atoms with Gasteiger partial charge in [-0.3, -0.25) is 14.7 Å². The van der Waals surface area contributed by atoms with Crippen LogP contribution in [0.2, 0.25) is 0 Å². The highest BCUT2D eigenvalue weighted by Crippen LogP contribution is 2.39. The minimum atomic E-state index is -0.0830. The minimum absolute atomic E-state index is 0.0298. The summed E-state index contributed by atoms with van der Waals surface area (Å²) in [7, 11) is 4.26. The number of fused-ring (bicyclic) bond motifs is 1. The van der Waals surface area contributed by atoms with Crippen molar-refractivity contribution < 1.29 is 4.79 Å². The number of carbonyl (C=O) groups is 1. The fourth-order valence-corrected chi connectivity index (χ4v) is 4.95. The molecule has 0 aliphatic carbocycles. The van der Waals surface area contributed by atoms with Gasteiger partial charge in [0.25, 0.3) is 0 Å². The van der Waals surface area contributed by atoms with Crippen LogP contribution in [0.5, 0.6) is 0 Å². The van der Waals surface area contributed by atoms with E-state index in [0.29, 0.717) is 12.8 Å². The Morgan fingerprint density at radius 1 is 1.00 bits per heavy atom. The van der Waals surface area contributed by atoms with Gasteiger partial charge < -0.3 is 14.8 Å². The zero-order valence-electron chi connectivity index (χ0n) is 18.5. The van der Waals surface area contributed by atoms with Crippen LogP contribution in [0.1, 0.15) is 42.0 Å². The summed E-state index contributed by atoms with van der Waals surface area (Å²) in [5, 5.41) is 0. The van der Waals surface area contributed by atoms with Gasteiger partial charge in [-0.05, 0) is 44.8 Å². The number of likely N-dealkylation sites (N-methyl/N-ethyl adjacent to an activating group) is 1. The van der Waals surface area contributed by atoms with Crippen LogP contribution in [0, 0.1) is 6.92 Å². The first-order chi connectivity index (χ1) is 15.0. The molecule has 0 spiro atoms. The number of para-hydroxylation sites is 1. The van der Waals surface area contributed by atoms with Gasteiger partial charge in [-0.25, -0.2) is 4.98 Å². The summed E-state index contributed by atoms with van der Waals surface area (Å²) in [5.41, 5.74) is 5.33. The molecular weight excluding hydrogens is 388 g/mol. The van der Waals surface area contributed by atoms with Gasteiger partial charge in [-0.1, -0.05) is 12.1 Å². The number of piperidine rings is 1. The lowest BCUT2D eigenvalue weighted by Crippen LogP contribution is -2.44. The molecule has 2 aliphatic rings. The van der Waals surface area contributed by atoms with E-state index >= 15 is 0 Å². The molecule has 0 bridgehead atoms. The SMILES string of the molecule is Cc1cccnc1[C@@H]1CC(=O)C[C@H](c2nc3cccc(N4CCN(C)CC4)c3[nH]2)N1C. The number of nitrogens with zero attached hydrogens (tertiary/aromatic N) is 5. The second-order valence-electron chi connectivity index (χ2n) is 8.93. The van der Waals surface area contributed by atoms with Crippen molar-refractivity contribution in [2.24, 2.45) is 0 Å². The summed E-state index contributed by atoms with van der Waals surface area (Å²) in [4.78, 5) is 32.9. The first-order valence-corrected chi connectivity index (χ1v) is 11.1. The number of ketones is 1. The quantitative estimate of drug-likeness (QED) is 0.705. The molecule has 31 heavy (non-hydrogen) atoms. The van der Waals surface area contributed by atoms with Gasteiger partial charge in [-0.2, -0.15) is 0 Å². The Labute approximate surface area is 183 Å². The van der Waals surface area contributed by atoms with Crippen LogP contribution in [-0.2, 0) is 4.79 Å². The molecule has 7 nitrogen and oxygen atoms in total. The molecule has 2 aliphatic heterocycles. The Morgan fingerprint density at radius 2 is 1.77 bits per heavy atom. The summed E-state index contributed by atoms with van der Waals surface area (Å²) in [5.74, 6) is 1.13. The largest absolute Gasteiger partial charge is 0.367 e. The number of hydrogen-bond acceptors (Lipinski definition) is 6. The maximum atomic E-state index is 12.7. The topological polar surface area (TPSA) is 68.4 Å². The van der Waals surface area contributed by atoms with E-state index in [2.05, 4.69) is 70.0 Å². The number of Topliss-reactive ketones (excluding diaryl/α,β-unsaturated/α-hetero) is 1. The van der Waals surface area contributed by atoms with Crippen molar-refractivity contribution in [1.29, 1.82) is 0 Å². The molecule has 2 fully saturated rings. The molecule has 0 saturated carbocycles. The van der Waals surface area contributed by atoms with Crippen molar-refractivity contribution in [2.45, 2.75) is 31.8 Å². The highest BCUT2D eigenvalue weighted by Gasteiger charge is 2.37. The van der Waals surface area contributed by atoms with Gasteiger partial charge in [-0.15, -0.1) is 0 Å². The van der Waals surface area contributed by atoms with Crippen LogP contribution in [0.4, 0.5) is 5.69 Å². The molecule has 0 radical (unpaired) electrons. The summed E-state index contributed by atoms with van der Waals surface area (Å²) >= 11 is 0. The number of anilines is 1. The fourth-order valence-electron chi connectivity index (χ4n) is 4.95. The molecule has 1 aromatic carbocycles. The van der Waals surface area contributed by atoms with Crippen LogP contribution in [0.3, 0.4) is 0 Å². The van der Waals surface area contributed by atoms with Crippen LogP contribution in [0.25, 0.3) is 11.0 Å². The highest BCUT2D eigenvalue weighted by molar-refractivity contribution is 5.89. The number of aromatic amines is 1. The van der Waals surface area contributed by atoms with E-state index in [1.165, 1.54) is 5.69 Å². The van der Waals surface area contributed by atoms with E-state index in [1.807, 2.05) is 12.3 Å². The number of aromatic nitrogens is 3. The first kappa shape index (κ1) is 20.2. The van der Waals surface area contributed by atoms with E-state index < -0.39 is 0 Å². The number of H-pyrrole nitrogens is 1. The highest BCUT2D eigenvalue weighted by atomic mass is 16.1. The van der Waals surface area contributed by atoms with E-state index in [1.54, 1.807) is 0 Å². The Morgan fingerprint density at radius 3 is 2.55 bits per heavy atom. The minimum Gasteiger partial charge on any atom is -0.367 e. The summed E-state index contributed by atoms with van der Waals surface area (Å²) in [6, 6.07) is 10.2. The Hall–Kier alpha value is -2.77. The van der Waals surface area contributed by atoms with Crippen LogP contribution >= 0.6 is 0 Å². The number of benzene rings is 1. The van der Waals surface area contributed by atoms with Crippen molar-refractivity contribution in [1.82, 2.24) is 24.8 Å². The van der Waals surface area contributed by atoms with Gasteiger partial charge in [0.05, 0.1) is 34.5 Å². The fraction of sp³-hybridized carbons (Fsp3) is 0.458. The molecule has 162 valence electrons. The lowest BCUT2D eigenvalue weighted by Gasteiger charge is -2.38. The molecule has 0 unspecified atom stereocenters. The lowest BCUT2D eigenvalue weighted by molar-refractivity contribution is -0.125. The predicted octanol–water partition coefficient (Wildman–Crippen LogP) is 3.10. The average Bonchev–Trinajstić information content (AvgIpc) is 3.20. The number of nitrogens with one attached hydrogen (secondary N) is 1. The molecule has 3 aromatic rings. The molecule has 2 saturated heterocycles. The number of hydrogen-bond donors (Lipinski definition) is 1. The zero-order valence-corrected chi connectivity index (χ0v) is 18.5. The van der Waals surface area contributed by atoms with Gasteiger partial charge in [0.2, 0.25) is 0 Å². The Kier molecular flexibility index (Phi) is 5.24. The maximum absolute atomic E-state index is 12.7. The standard InChI is InChI=1S/C24H30N6O/c1-16-6-5-9-25-22(16)20-14-17(31)15-21(29(20)3)24-26-18-7-4-8-19(23(18)27-24)30-12-10-28(2)11-13-30/h4-9,20-21H,10-15H2,1-3H3,(H,26,27)/t20-,21+/m0/s1. The number of likely N-dealkylation sites (tertiary alicyclic amines) is 1. The number of imidazole rings is 1. The van der Waals surface area contributed by atoms with E-state index in [-0.39, 0.29) is 17.9 Å². The maximum Gasteiger partial charge on any atom is 0.136 e. The predicted molar refractivity (Wildman–Crippen MR) is 122 cm³/mol. The molecule has 7 heteroatoms. The Bertz CT molecular complexity index is 1100. The van der Waals surface area contributed by atoms with Crippen LogP contribution in [-0.4, -0.2) is 70.8 Å².